The van der Waals surface area contributed by atoms with E-state index < -0.39 is 17.8 Å². The SMILES string of the molecule is C=COC(C)(C)OC(C)C(C[N+](=O)[O-])c1ccco1. The topological polar surface area (TPSA) is 74.7 Å². The first-order valence-electron chi connectivity index (χ1n) is 5.97. The molecule has 0 N–H and O–H groups in total. The summed E-state index contributed by atoms with van der Waals surface area (Å²) in [7, 11) is 0. The minimum absolute atomic E-state index is 0.265. The summed E-state index contributed by atoms with van der Waals surface area (Å²) in [6.07, 6.45) is 2.33. The van der Waals surface area contributed by atoms with Crippen molar-refractivity contribution in [1.82, 2.24) is 0 Å². The first-order chi connectivity index (χ1) is 8.85. The molecule has 19 heavy (non-hydrogen) atoms. The number of hydrogen-bond acceptors (Lipinski definition) is 5. The van der Waals surface area contributed by atoms with Gasteiger partial charge in [0, 0.05) is 18.8 Å². The van der Waals surface area contributed by atoms with Gasteiger partial charge >= 0.3 is 0 Å². The highest BCUT2D eigenvalue weighted by Crippen LogP contribution is 2.27. The van der Waals surface area contributed by atoms with Crippen molar-refractivity contribution in [3.8, 4) is 0 Å². The van der Waals surface area contributed by atoms with Crippen molar-refractivity contribution in [1.29, 1.82) is 0 Å². The van der Waals surface area contributed by atoms with Crippen LogP contribution in [0.5, 0.6) is 0 Å². The molecular formula is C13H19NO5. The molecule has 0 radical (unpaired) electrons. The van der Waals surface area contributed by atoms with E-state index in [0.29, 0.717) is 5.76 Å². The van der Waals surface area contributed by atoms with E-state index in [2.05, 4.69) is 6.58 Å². The highest BCUT2D eigenvalue weighted by molar-refractivity contribution is 5.07. The van der Waals surface area contributed by atoms with Crippen LogP contribution < -0.4 is 0 Å². The lowest BCUT2D eigenvalue weighted by Crippen LogP contribution is -2.35. The molecule has 0 spiro atoms. The van der Waals surface area contributed by atoms with Gasteiger partial charge in [0.2, 0.25) is 12.3 Å². The van der Waals surface area contributed by atoms with Crippen molar-refractivity contribution < 1.29 is 18.8 Å². The predicted molar refractivity (Wildman–Crippen MR) is 69.2 cm³/mol. The van der Waals surface area contributed by atoms with E-state index in [1.165, 1.54) is 12.5 Å². The first-order valence-corrected chi connectivity index (χ1v) is 5.97. The average molecular weight is 269 g/mol. The van der Waals surface area contributed by atoms with Crippen LogP contribution in [0.4, 0.5) is 0 Å². The Hall–Kier alpha value is -1.82. The molecule has 2 atom stereocenters. The fourth-order valence-electron chi connectivity index (χ4n) is 1.89. The molecule has 0 aliphatic rings. The normalized spacial score (nSPS) is 14.7. The highest BCUT2D eigenvalue weighted by atomic mass is 16.7. The molecule has 0 aliphatic carbocycles. The van der Waals surface area contributed by atoms with E-state index in [0.717, 1.165) is 0 Å². The van der Waals surface area contributed by atoms with Gasteiger partial charge in [0.05, 0.1) is 18.6 Å². The molecule has 0 aliphatic heterocycles. The van der Waals surface area contributed by atoms with Crippen LogP contribution in [0.1, 0.15) is 32.4 Å². The van der Waals surface area contributed by atoms with Crippen molar-refractivity contribution in [2.24, 2.45) is 0 Å². The lowest BCUT2D eigenvalue weighted by molar-refractivity contribution is -0.486. The van der Waals surface area contributed by atoms with Gasteiger partial charge in [-0.2, -0.15) is 0 Å². The van der Waals surface area contributed by atoms with Crippen molar-refractivity contribution in [3.63, 3.8) is 0 Å². The first kappa shape index (κ1) is 15.2. The highest BCUT2D eigenvalue weighted by Gasteiger charge is 2.32. The van der Waals surface area contributed by atoms with E-state index in [1.54, 1.807) is 32.9 Å². The lowest BCUT2D eigenvalue weighted by Gasteiger charge is -2.30. The third-order valence-corrected chi connectivity index (χ3v) is 2.66. The smallest absolute Gasteiger partial charge is 0.216 e. The van der Waals surface area contributed by atoms with Crippen LogP contribution in [-0.2, 0) is 9.47 Å². The minimum Gasteiger partial charge on any atom is -0.471 e. The quantitative estimate of drug-likeness (QED) is 0.314. The van der Waals surface area contributed by atoms with Crippen molar-refractivity contribution in [2.45, 2.75) is 38.6 Å². The zero-order chi connectivity index (χ0) is 14.5. The number of ether oxygens (including phenoxy) is 2. The van der Waals surface area contributed by atoms with Crippen LogP contribution in [0.2, 0.25) is 0 Å². The van der Waals surface area contributed by atoms with Gasteiger partial charge in [-0.15, -0.1) is 0 Å². The molecule has 1 aromatic heterocycles. The fraction of sp³-hybridized carbons (Fsp3) is 0.538. The Labute approximate surface area is 112 Å². The molecule has 6 heteroatoms. The second-order valence-electron chi connectivity index (χ2n) is 4.64. The second-order valence-corrected chi connectivity index (χ2v) is 4.64. The Morgan fingerprint density at radius 1 is 1.63 bits per heavy atom. The van der Waals surface area contributed by atoms with Gasteiger partial charge in [-0.05, 0) is 19.1 Å². The molecule has 0 saturated carbocycles. The number of nitro groups is 1. The second kappa shape index (κ2) is 6.38. The number of rotatable bonds is 8. The van der Waals surface area contributed by atoms with Gasteiger partial charge in [0.25, 0.3) is 0 Å². The fourth-order valence-corrected chi connectivity index (χ4v) is 1.89. The van der Waals surface area contributed by atoms with Crippen molar-refractivity contribution in [2.75, 3.05) is 6.54 Å². The Bertz CT molecular complexity index is 413. The molecule has 0 saturated heterocycles. The zero-order valence-corrected chi connectivity index (χ0v) is 11.4. The van der Waals surface area contributed by atoms with E-state index in [4.69, 9.17) is 13.9 Å². The third kappa shape index (κ3) is 4.75. The Morgan fingerprint density at radius 3 is 2.79 bits per heavy atom. The van der Waals surface area contributed by atoms with Crippen LogP contribution >= 0.6 is 0 Å². The summed E-state index contributed by atoms with van der Waals surface area (Å²) in [5.41, 5.74) is 0. The summed E-state index contributed by atoms with van der Waals surface area (Å²) < 4.78 is 16.2. The van der Waals surface area contributed by atoms with Crippen LogP contribution in [-0.4, -0.2) is 23.4 Å². The van der Waals surface area contributed by atoms with Gasteiger partial charge < -0.3 is 13.9 Å². The minimum atomic E-state index is -0.900. The largest absolute Gasteiger partial charge is 0.471 e. The van der Waals surface area contributed by atoms with Crippen molar-refractivity contribution in [3.05, 3.63) is 47.1 Å². The number of hydrogen-bond donors (Lipinski definition) is 0. The molecule has 2 unspecified atom stereocenters. The van der Waals surface area contributed by atoms with Crippen molar-refractivity contribution >= 4 is 0 Å². The summed E-state index contributed by atoms with van der Waals surface area (Å²) in [4.78, 5) is 10.4. The van der Waals surface area contributed by atoms with Crippen LogP contribution in [0, 0.1) is 10.1 Å². The van der Waals surface area contributed by atoms with E-state index in [-0.39, 0.29) is 11.5 Å². The van der Waals surface area contributed by atoms with Gasteiger partial charge in [0.1, 0.15) is 11.7 Å². The molecule has 0 bridgehead atoms. The molecule has 1 aromatic rings. The van der Waals surface area contributed by atoms with Crippen LogP contribution in [0.25, 0.3) is 0 Å². The Balaban J connectivity index is 2.80. The maximum atomic E-state index is 10.8. The molecule has 106 valence electrons. The standard InChI is InChI=1S/C13H19NO5/c1-5-18-13(3,4)19-10(2)11(9-14(15)16)12-7-6-8-17-12/h5-8,10-11H,1,9H2,2-4H3. The summed E-state index contributed by atoms with van der Waals surface area (Å²) in [5, 5.41) is 10.8. The lowest BCUT2D eigenvalue weighted by atomic mass is 10.0. The predicted octanol–water partition coefficient (Wildman–Crippen LogP) is 2.94. The molecule has 0 fully saturated rings. The van der Waals surface area contributed by atoms with Gasteiger partial charge in [-0.1, -0.05) is 6.58 Å². The Morgan fingerprint density at radius 2 is 2.32 bits per heavy atom. The van der Waals surface area contributed by atoms with E-state index >= 15 is 0 Å². The van der Waals surface area contributed by atoms with E-state index in [1.807, 2.05) is 0 Å². The van der Waals surface area contributed by atoms with Gasteiger partial charge in [-0.3, -0.25) is 10.1 Å². The summed E-state index contributed by atoms with van der Waals surface area (Å²) >= 11 is 0. The molecule has 0 amide bonds. The van der Waals surface area contributed by atoms with E-state index in [9.17, 15) is 10.1 Å². The molecule has 0 aromatic carbocycles. The molecule has 1 heterocycles. The van der Waals surface area contributed by atoms with Crippen LogP contribution in [0.15, 0.2) is 35.7 Å². The monoisotopic (exact) mass is 269 g/mol. The molecule has 1 rings (SSSR count). The summed E-state index contributed by atoms with van der Waals surface area (Å²) in [6.45, 7) is 8.39. The van der Waals surface area contributed by atoms with Crippen LogP contribution in [0.3, 0.4) is 0 Å². The third-order valence-electron chi connectivity index (χ3n) is 2.66. The molecular weight excluding hydrogens is 250 g/mol. The number of furan rings is 1. The van der Waals surface area contributed by atoms with Gasteiger partial charge in [0.15, 0.2) is 0 Å². The molecule has 6 nitrogen and oxygen atoms in total. The maximum Gasteiger partial charge on any atom is 0.216 e. The summed E-state index contributed by atoms with van der Waals surface area (Å²) in [6, 6.07) is 3.40. The number of nitrogens with zero attached hydrogens (tertiary/aromatic N) is 1. The zero-order valence-electron chi connectivity index (χ0n) is 11.4. The summed E-state index contributed by atoms with van der Waals surface area (Å²) in [5.74, 6) is -0.848. The average Bonchev–Trinajstić information content (AvgIpc) is 2.77. The van der Waals surface area contributed by atoms with Gasteiger partial charge in [-0.25, -0.2) is 0 Å². The maximum absolute atomic E-state index is 10.8. The Kier molecular flexibility index (Phi) is 5.11.